The van der Waals surface area contributed by atoms with Gasteiger partial charge in [0.15, 0.2) is 0 Å². The maximum Gasteiger partial charge on any atom is 0.0491 e. The van der Waals surface area contributed by atoms with Gasteiger partial charge in [-0.2, -0.15) is 0 Å². The zero-order valence-corrected chi connectivity index (χ0v) is 14.0. The number of hydrogen-bond donors (Lipinski definition) is 1. The number of hydrogen-bond acceptors (Lipinski definition) is 3. The van der Waals surface area contributed by atoms with E-state index in [1.807, 2.05) is 0 Å². The van der Waals surface area contributed by atoms with Crippen molar-refractivity contribution in [2.45, 2.75) is 25.8 Å². The summed E-state index contributed by atoms with van der Waals surface area (Å²) >= 11 is 3.56. The third kappa shape index (κ3) is 3.82. The van der Waals surface area contributed by atoms with E-state index in [1.165, 1.54) is 24.0 Å². The number of likely N-dealkylation sites (tertiary alicyclic amines) is 1. The molecule has 0 amide bonds. The molecule has 1 aromatic carbocycles. The van der Waals surface area contributed by atoms with Gasteiger partial charge < -0.3 is 10.5 Å². The van der Waals surface area contributed by atoms with Gasteiger partial charge in [0.05, 0.1) is 0 Å². The number of nitrogens with two attached hydrogens (primary N) is 1. The van der Waals surface area contributed by atoms with Crippen molar-refractivity contribution in [3.05, 3.63) is 33.8 Å². The van der Waals surface area contributed by atoms with Crippen LogP contribution in [0.15, 0.2) is 22.7 Å². The van der Waals surface area contributed by atoms with Crippen molar-refractivity contribution in [2.75, 3.05) is 33.4 Å². The molecule has 20 heavy (non-hydrogen) atoms. The first-order chi connectivity index (χ1) is 9.65. The van der Waals surface area contributed by atoms with E-state index in [1.54, 1.807) is 7.11 Å². The van der Waals surface area contributed by atoms with Gasteiger partial charge in [-0.25, -0.2) is 0 Å². The van der Waals surface area contributed by atoms with Gasteiger partial charge in [0.2, 0.25) is 0 Å². The second kappa shape index (κ2) is 7.55. The van der Waals surface area contributed by atoms with Crippen molar-refractivity contribution in [2.24, 2.45) is 11.7 Å². The standard InChI is InChI=1S/C16H25BrN2O/c1-12-9-14(3-4-15(12)17)16(10-18)19-7-5-13(6-8-19)11-20-2/h3-4,9,13,16H,5-8,10-11,18H2,1-2H3. The first-order valence-corrected chi connectivity index (χ1v) is 8.14. The van der Waals surface area contributed by atoms with Gasteiger partial charge in [-0.15, -0.1) is 0 Å². The van der Waals surface area contributed by atoms with Crippen LogP contribution < -0.4 is 5.73 Å². The SMILES string of the molecule is COCC1CCN(C(CN)c2ccc(Br)c(C)c2)CC1. The van der Waals surface area contributed by atoms with Crippen molar-refractivity contribution in [1.29, 1.82) is 0 Å². The smallest absolute Gasteiger partial charge is 0.0491 e. The highest BCUT2D eigenvalue weighted by Gasteiger charge is 2.25. The molecule has 1 heterocycles. The summed E-state index contributed by atoms with van der Waals surface area (Å²) in [5.41, 5.74) is 8.64. The van der Waals surface area contributed by atoms with Crippen LogP contribution in [-0.2, 0) is 4.74 Å². The molecule has 0 aromatic heterocycles. The minimum Gasteiger partial charge on any atom is -0.384 e. The van der Waals surface area contributed by atoms with Gasteiger partial charge in [0.25, 0.3) is 0 Å². The van der Waals surface area contributed by atoms with E-state index in [9.17, 15) is 0 Å². The highest BCUT2D eigenvalue weighted by atomic mass is 79.9. The molecule has 0 radical (unpaired) electrons. The van der Waals surface area contributed by atoms with Crippen LogP contribution >= 0.6 is 15.9 Å². The van der Waals surface area contributed by atoms with Crippen LogP contribution in [0.25, 0.3) is 0 Å². The topological polar surface area (TPSA) is 38.5 Å². The lowest BCUT2D eigenvalue weighted by atomic mass is 9.94. The predicted molar refractivity (Wildman–Crippen MR) is 86.8 cm³/mol. The summed E-state index contributed by atoms with van der Waals surface area (Å²) in [6.45, 7) is 5.93. The number of ether oxygens (including phenoxy) is 1. The number of halogens is 1. The van der Waals surface area contributed by atoms with Gasteiger partial charge in [0.1, 0.15) is 0 Å². The number of benzene rings is 1. The molecule has 1 fully saturated rings. The average molecular weight is 341 g/mol. The fraction of sp³-hybridized carbons (Fsp3) is 0.625. The van der Waals surface area contributed by atoms with Crippen molar-refractivity contribution >= 4 is 15.9 Å². The van der Waals surface area contributed by atoms with Crippen LogP contribution in [0.2, 0.25) is 0 Å². The maximum atomic E-state index is 6.04. The van der Waals surface area contributed by atoms with Gasteiger partial charge in [-0.05, 0) is 56.0 Å². The summed E-state index contributed by atoms with van der Waals surface area (Å²) in [6.07, 6.45) is 2.42. The lowest BCUT2D eigenvalue weighted by Gasteiger charge is -2.37. The Balaban J connectivity index is 2.03. The number of piperidine rings is 1. The Morgan fingerprint density at radius 1 is 1.40 bits per heavy atom. The molecule has 0 bridgehead atoms. The fourth-order valence-corrected chi connectivity index (χ4v) is 3.28. The molecule has 0 saturated carbocycles. The Labute approximate surface area is 130 Å². The third-order valence-electron chi connectivity index (χ3n) is 4.28. The highest BCUT2D eigenvalue weighted by molar-refractivity contribution is 9.10. The van der Waals surface area contributed by atoms with Crippen molar-refractivity contribution in [3.8, 4) is 0 Å². The van der Waals surface area contributed by atoms with E-state index in [0.717, 1.165) is 24.2 Å². The molecule has 112 valence electrons. The van der Waals surface area contributed by atoms with Crippen LogP contribution in [0.5, 0.6) is 0 Å². The van der Waals surface area contributed by atoms with E-state index in [-0.39, 0.29) is 0 Å². The number of aryl methyl sites for hydroxylation is 1. The Morgan fingerprint density at radius 2 is 2.10 bits per heavy atom. The van der Waals surface area contributed by atoms with E-state index in [2.05, 4.69) is 46.0 Å². The van der Waals surface area contributed by atoms with Crippen LogP contribution in [0.4, 0.5) is 0 Å². The molecule has 2 rings (SSSR count). The van der Waals surface area contributed by atoms with E-state index < -0.39 is 0 Å². The van der Waals surface area contributed by atoms with Crippen LogP contribution in [0.3, 0.4) is 0 Å². The van der Waals surface area contributed by atoms with Crippen molar-refractivity contribution < 1.29 is 4.74 Å². The zero-order valence-electron chi connectivity index (χ0n) is 12.4. The minimum atomic E-state index is 0.338. The largest absolute Gasteiger partial charge is 0.384 e. The molecule has 1 atom stereocenters. The summed E-state index contributed by atoms with van der Waals surface area (Å²) in [6, 6.07) is 6.91. The van der Waals surface area contributed by atoms with E-state index >= 15 is 0 Å². The Hall–Kier alpha value is -0.420. The number of methoxy groups -OCH3 is 1. The second-order valence-corrected chi connectivity index (χ2v) is 6.55. The van der Waals surface area contributed by atoms with Crippen molar-refractivity contribution in [1.82, 2.24) is 4.90 Å². The molecule has 1 aliphatic rings. The van der Waals surface area contributed by atoms with Gasteiger partial charge >= 0.3 is 0 Å². The molecule has 3 nitrogen and oxygen atoms in total. The molecule has 1 aromatic rings. The predicted octanol–water partition coefficient (Wildman–Crippen LogP) is 3.12. The van der Waals surface area contributed by atoms with Crippen LogP contribution in [-0.4, -0.2) is 38.3 Å². The highest BCUT2D eigenvalue weighted by Crippen LogP contribution is 2.28. The third-order valence-corrected chi connectivity index (χ3v) is 5.17. The second-order valence-electron chi connectivity index (χ2n) is 5.69. The Bertz CT molecular complexity index is 430. The molecule has 1 saturated heterocycles. The fourth-order valence-electron chi connectivity index (χ4n) is 3.04. The summed E-state index contributed by atoms with van der Waals surface area (Å²) < 4.78 is 6.43. The quantitative estimate of drug-likeness (QED) is 0.894. The van der Waals surface area contributed by atoms with E-state index in [4.69, 9.17) is 10.5 Å². The zero-order chi connectivity index (χ0) is 14.5. The van der Waals surface area contributed by atoms with Gasteiger partial charge in [-0.3, -0.25) is 4.90 Å². The molecule has 4 heteroatoms. The van der Waals surface area contributed by atoms with E-state index in [0.29, 0.717) is 18.5 Å². The molecule has 1 aliphatic heterocycles. The Morgan fingerprint density at radius 3 is 2.65 bits per heavy atom. The summed E-state index contributed by atoms with van der Waals surface area (Å²) in [5.74, 6) is 0.710. The molecule has 1 unspecified atom stereocenters. The summed E-state index contributed by atoms with van der Waals surface area (Å²) in [4.78, 5) is 2.52. The molecular weight excluding hydrogens is 316 g/mol. The van der Waals surface area contributed by atoms with Gasteiger partial charge in [-0.1, -0.05) is 28.1 Å². The normalized spacial score (nSPS) is 19.2. The van der Waals surface area contributed by atoms with Gasteiger partial charge in [0, 0.05) is 30.8 Å². The lowest BCUT2D eigenvalue weighted by molar-refractivity contribution is 0.0810. The minimum absolute atomic E-state index is 0.338. The molecule has 2 N–H and O–H groups in total. The maximum absolute atomic E-state index is 6.04. The molecule has 0 spiro atoms. The average Bonchev–Trinajstić information content (AvgIpc) is 2.46. The first kappa shape index (κ1) is 16.0. The number of rotatable bonds is 5. The number of nitrogens with zero attached hydrogens (tertiary/aromatic N) is 1. The lowest BCUT2D eigenvalue weighted by Crippen LogP contribution is -2.40. The van der Waals surface area contributed by atoms with Crippen LogP contribution in [0, 0.1) is 12.8 Å². The van der Waals surface area contributed by atoms with Crippen LogP contribution in [0.1, 0.15) is 30.0 Å². The first-order valence-electron chi connectivity index (χ1n) is 7.34. The summed E-state index contributed by atoms with van der Waals surface area (Å²) in [5, 5.41) is 0. The Kier molecular flexibility index (Phi) is 6.02. The van der Waals surface area contributed by atoms with Crippen molar-refractivity contribution in [3.63, 3.8) is 0 Å². The molecular formula is C16H25BrN2O. The molecule has 0 aliphatic carbocycles. The monoisotopic (exact) mass is 340 g/mol. The summed E-state index contributed by atoms with van der Waals surface area (Å²) in [7, 11) is 1.79.